The lowest BCUT2D eigenvalue weighted by atomic mass is 9.96. The van der Waals surface area contributed by atoms with Gasteiger partial charge >= 0.3 is 0 Å². The van der Waals surface area contributed by atoms with Crippen molar-refractivity contribution in [1.82, 2.24) is 9.88 Å². The molecule has 2 aromatic rings. The average Bonchev–Trinajstić information content (AvgIpc) is 2.69. The van der Waals surface area contributed by atoms with E-state index < -0.39 is 0 Å². The number of nitriles is 2. The maximum absolute atomic E-state index is 9.48. The molecule has 0 fully saturated rings. The molecule has 0 radical (unpaired) electrons. The van der Waals surface area contributed by atoms with Crippen LogP contribution >= 0.6 is 11.6 Å². The van der Waals surface area contributed by atoms with E-state index in [1.165, 1.54) is 0 Å². The Labute approximate surface area is 163 Å². The maximum atomic E-state index is 9.48. The van der Waals surface area contributed by atoms with E-state index in [4.69, 9.17) is 21.6 Å². The van der Waals surface area contributed by atoms with E-state index in [-0.39, 0.29) is 5.15 Å². The Bertz CT molecular complexity index is 899. The van der Waals surface area contributed by atoms with Crippen molar-refractivity contribution in [3.8, 4) is 12.1 Å². The maximum Gasteiger partial charge on any atom is 0.149 e. The van der Waals surface area contributed by atoms with Crippen molar-refractivity contribution in [2.45, 2.75) is 19.5 Å². The number of hydrogen-bond donors (Lipinski definition) is 1. The zero-order valence-corrected chi connectivity index (χ0v) is 15.9. The molecule has 7 heteroatoms. The summed E-state index contributed by atoms with van der Waals surface area (Å²) in [6.07, 6.45) is 0.746. The highest BCUT2D eigenvalue weighted by atomic mass is 35.5. The van der Waals surface area contributed by atoms with Crippen molar-refractivity contribution in [2.24, 2.45) is 0 Å². The van der Waals surface area contributed by atoms with E-state index in [0.29, 0.717) is 30.8 Å². The van der Waals surface area contributed by atoms with Gasteiger partial charge in [-0.05, 0) is 29.7 Å². The van der Waals surface area contributed by atoms with Gasteiger partial charge in [0.1, 0.15) is 17.0 Å². The molecule has 1 N–H and O–H groups in total. The van der Waals surface area contributed by atoms with Crippen LogP contribution in [0.25, 0.3) is 0 Å². The lowest BCUT2D eigenvalue weighted by Crippen LogP contribution is -2.32. The second kappa shape index (κ2) is 8.83. The minimum Gasteiger partial charge on any atom is -0.383 e. The molecule has 6 nitrogen and oxygen atoms in total. The second-order valence-electron chi connectivity index (χ2n) is 6.38. The van der Waals surface area contributed by atoms with E-state index in [1.54, 1.807) is 7.11 Å². The van der Waals surface area contributed by atoms with E-state index in [9.17, 15) is 5.26 Å². The molecule has 0 unspecified atom stereocenters. The van der Waals surface area contributed by atoms with Crippen molar-refractivity contribution >= 4 is 17.4 Å². The summed E-state index contributed by atoms with van der Waals surface area (Å²) in [6.45, 7) is 3.47. The summed E-state index contributed by atoms with van der Waals surface area (Å²) in [7, 11) is 1.65. The van der Waals surface area contributed by atoms with Gasteiger partial charge in [-0.25, -0.2) is 4.98 Å². The molecular weight excluding hydrogens is 362 g/mol. The highest BCUT2D eigenvalue weighted by molar-refractivity contribution is 6.30. The molecular formula is C20H20ClN5O. The quantitative estimate of drug-likeness (QED) is 0.611. The number of pyridine rings is 1. The van der Waals surface area contributed by atoms with E-state index in [2.05, 4.69) is 27.3 Å². The highest BCUT2D eigenvalue weighted by Gasteiger charge is 2.25. The number of benzene rings is 1. The van der Waals surface area contributed by atoms with Crippen LogP contribution in [0.3, 0.4) is 0 Å². The molecule has 3 rings (SSSR count). The van der Waals surface area contributed by atoms with Gasteiger partial charge in [-0.15, -0.1) is 0 Å². The first-order chi connectivity index (χ1) is 13.2. The van der Waals surface area contributed by atoms with Gasteiger partial charge in [0.2, 0.25) is 0 Å². The largest absolute Gasteiger partial charge is 0.383 e. The normalized spacial score (nSPS) is 13.5. The lowest BCUT2D eigenvalue weighted by Gasteiger charge is -2.31. The van der Waals surface area contributed by atoms with Crippen LogP contribution in [0.15, 0.2) is 24.3 Å². The molecule has 0 spiro atoms. The number of halogens is 1. The minimum absolute atomic E-state index is 0.247. The number of methoxy groups -OCH3 is 1. The van der Waals surface area contributed by atoms with Crippen molar-refractivity contribution in [3.05, 3.63) is 57.2 Å². The Morgan fingerprint density at radius 1 is 1.22 bits per heavy atom. The molecule has 0 bridgehead atoms. The number of aromatic nitrogens is 1. The molecule has 1 aliphatic rings. The number of ether oxygens (including phenoxy) is 1. The smallest absolute Gasteiger partial charge is 0.149 e. The lowest BCUT2D eigenvalue weighted by molar-refractivity contribution is 0.210. The summed E-state index contributed by atoms with van der Waals surface area (Å²) in [5, 5.41) is 21.9. The molecule has 0 atom stereocenters. The molecule has 1 aliphatic heterocycles. The Morgan fingerprint density at radius 2 is 2.00 bits per heavy atom. The van der Waals surface area contributed by atoms with Crippen LogP contribution in [0, 0.1) is 22.7 Å². The third-order valence-electron chi connectivity index (χ3n) is 4.63. The first-order valence-corrected chi connectivity index (χ1v) is 9.09. The van der Waals surface area contributed by atoms with Gasteiger partial charge < -0.3 is 10.1 Å². The highest BCUT2D eigenvalue weighted by Crippen LogP contribution is 2.32. The third-order valence-corrected chi connectivity index (χ3v) is 4.90. The summed E-state index contributed by atoms with van der Waals surface area (Å²) < 4.78 is 5.09. The number of anilines is 1. The summed E-state index contributed by atoms with van der Waals surface area (Å²) >= 11 is 6.23. The van der Waals surface area contributed by atoms with Gasteiger partial charge in [-0.1, -0.05) is 23.7 Å². The Balaban J connectivity index is 1.83. The van der Waals surface area contributed by atoms with Crippen LogP contribution in [0.2, 0.25) is 5.15 Å². The van der Waals surface area contributed by atoms with Crippen LogP contribution < -0.4 is 5.32 Å². The Morgan fingerprint density at radius 3 is 2.67 bits per heavy atom. The van der Waals surface area contributed by atoms with Gasteiger partial charge in [0.15, 0.2) is 0 Å². The molecule has 1 aromatic heterocycles. The minimum atomic E-state index is 0.247. The molecule has 0 saturated carbocycles. The van der Waals surface area contributed by atoms with Crippen LogP contribution in [0.4, 0.5) is 5.82 Å². The topological polar surface area (TPSA) is 85.0 Å². The fourth-order valence-electron chi connectivity index (χ4n) is 3.27. The third kappa shape index (κ3) is 4.37. The predicted octanol–water partition coefficient (Wildman–Crippen LogP) is 3.09. The van der Waals surface area contributed by atoms with E-state index in [0.717, 1.165) is 42.0 Å². The van der Waals surface area contributed by atoms with Crippen molar-refractivity contribution < 1.29 is 4.74 Å². The van der Waals surface area contributed by atoms with Crippen LogP contribution in [0.1, 0.15) is 27.8 Å². The Kier molecular flexibility index (Phi) is 6.26. The number of hydrogen-bond acceptors (Lipinski definition) is 6. The Hall–Kier alpha value is -2.64. The summed E-state index contributed by atoms with van der Waals surface area (Å²) in [6, 6.07) is 12.0. The van der Waals surface area contributed by atoms with E-state index >= 15 is 0 Å². The van der Waals surface area contributed by atoms with Gasteiger partial charge in [-0.2, -0.15) is 10.5 Å². The van der Waals surface area contributed by atoms with Crippen LogP contribution in [-0.2, 0) is 24.2 Å². The molecule has 27 heavy (non-hydrogen) atoms. The van der Waals surface area contributed by atoms with Crippen LogP contribution in [0.5, 0.6) is 0 Å². The standard InChI is InChI=1S/C20H20ClN5O/c1-27-9-7-24-20-18-13-26(12-15-4-2-14(10-22)3-5-15)8-6-16(18)17(11-23)19(21)25-20/h2-5H,6-9,12-13H2,1H3,(H,24,25). The molecule has 0 aliphatic carbocycles. The summed E-state index contributed by atoms with van der Waals surface area (Å²) in [4.78, 5) is 6.71. The van der Waals surface area contributed by atoms with Crippen LogP contribution in [-0.4, -0.2) is 36.7 Å². The molecule has 0 saturated heterocycles. The number of nitrogens with zero attached hydrogens (tertiary/aromatic N) is 4. The second-order valence-corrected chi connectivity index (χ2v) is 6.74. The van der Waals surface area contributed by atoms with Gasteiger partial charge in [0, 0.05) is 38.9 Å². The van der Waals surface area contributed by atoms with Gasteiger partial charge in [0.05, 0.1) is 23.8 Å². The predicted molar refractivity (Wildman–Crippen MR) is 103 cm³/mol. The summed E-state index contributed by atoms with van der Waals surface area (Å²) in [5.41, 5.74) is 4.28. The fourth-order valence-corrected chi connectivity index (χ4v) is 3.51. The SMILES string of the molecule is COCCNc1nc(Cl)c(C#N)c2c1CN(Cc1ccc(C#N)cc1)CC2. The van der Waals surface area contributed by atoms with Crippen molar-refractivity contribution in [3.63, 3.8) is 0 Å². The molecule has 1 aromatic carbocycles. The first kappa shape index (κ1) is 19.1. The zero-order chi connectivity index (χ0) is 19.2. The van der Waals surface area contributed by atoms with Gasteiger partial charge in [-0.3, -0.25) is 4.90 Å². The average molecular weight is 382 g/mol. The monoisotopic (exact) mass is 381 g/mol. The molecule has 0 amide bonds. The van der Waals surface area contributed by atoms with Gasteiger partial charge in [0.25, 0.3) is 0 Å². The molecule has 138 valence electrons. The fraction of sp³-hybridized carbons (Fsp3) is 0.350. The number of rotatable bonds is 6. The number of fused-ring (bicyclic) bond motifs is 1. The summed E-state index contributed by atoms with van der Waals surface area (Å²) in [5.74, 6) is 0.718. The zero-order valence-electron chi connectivity index (χ0n) is 15.1. The van der Waals surface area contributed by atoms with E-state index in [1.807, 2.05) is 24.3 Å². The van der Waals surface area contributed by atoms with Crippen molar-refractivity contribution in [1.29, 1.82) is 10.5 Å². The van der Waals surface area contributed by atoms with Crippen molar-refractivity contribution in [2.75, 3.05) is 32.1 Å². The first-order valence-electron chi connectivity index (χ1n) is 8.71. The molecule has 2 heterocycles. The number of nitrogens with one attached hydrogen (secondary N) is 1.